The molecule has 0 saturated heterocycles. The van der Waals surface area contributed by atoms with Crippen LogP contribution in [0.5, 0.6) is 0 Å². The molecule has 2 rings (SSSR count). The minimum absolute atomic E-state index is 0.449. The summed E-state index contributed by atoms with van der Waals surface area (Å²) in [6.45, 7) is 6.54. The lowest BCUT2D eigenvalue weighted by Crippen LogP contribution is -2.23. The summed E-state index contributed by atoms with van der Waals surface area (Å²) in [7, 11) is 0. The molecule has 0 aliphatic carbocycles. The Kier molecular flexibility index (Phi) is 4.42. The Morgan fingerprint density at radius 3 is 2.42 bits per heavy atom. The lowest BCUT2D eigenvalue weighted by atomic mass is 10.2. The van der Waals surface area contributed by atoms with Crippen molar-refractivity contribution >= 4 is 27.8 Å². The summed E-state index contributed by atoms with van der Waals surface area (Å²) >= 11 is 3.42. The van der Waals surface area contributed by atoms with Crippen molar-refractivity contribution in [3.8, 4) is 0 Å². The highest BCUT2D eigenvalue weighted by Crippen LogP contribution is 2.15. The number of nitrogens with zero attached hydrogens (tertiary/aromatic N) is 4. The zero-order valence-corrected chi connectivity index (χ0v) is 12.8. The molecule has 2 aromatic rings. The van der Waals surface area contributed by atoms with Crippen LogP contribution in [0.15, 0.2) is 28.7 Å². The molecule has 0 amide bonds. The molecule has 0 radical (unpaired) electrons. The molecule has 0 fully saturated rings. The lowest BCUT2D eigenvalue weighted by molar-refractivity contribution is 0.686. The fraction of sp³-hybridized carbons (Fsp3) is 0.385. The van der Waals surface area contributed by atoms with Gasteiger partial charge in [-0.3, -0.25) is 0 Å². The normalized spacial score (nSPS) is 10.7. The quantitative estimate of drug-likeness (QED) is 0.918. The van der Waals surface area contributed by atoms with Gasteiger partial charge in [-0.15, -0.1) is 5.10 Å². The predicted molar refractivity (Wildman–Crippen MR) is 81.2 cm³/mol. The summed E-state index contributed by atoms with van der Waals surface area (Å²) < 4.78 is 2.79. The second-order valence-corrected chi connectivity index (χ2v) is 5.14. The van der Waals surface area contributed by atoms with Crippen LogP contribution in [0.1, 0.15) is 19.4 Å². The van der Waals surface area contributed by atoms with Gasteiger partial charge in [-0.05, 0) is 31.5 Å². The van der Waals surface area contributed by atoms with Gasteiger partial charge in [0.15, 0.2) is 0 Å². The van der Waals surface area contributed by atoms with E-state index in [9.17, 15) is 0 Å². The van der Waals surface area contributed by atoms with Crippen molar-refractivity contribution in [2.45, 2.75) is 20.4 Å². The number of halogens is 1. The van der Waals surface area contributed by atoms with Crippen molar-refractivity contribution in [2.75, 3.05) is 23.7 Å². The van der Waals surface area contributed by atoms with Crippen molar-refractivity contribution in [3.63, 3.8) is 0 Å². The Hall–Kier alpha value is -1.56. The molecule has 2 N–H and O–H groups in total. The third-order valence-electron chi connectivity index (χ3n) is 2.98. The number of nitrogen functional groups attached to an aromatic ring is 1. The van der Waals surface area contributed by atoms with Gasteiger partial charge in [0.2, 0.25) is 11.9 Å². The van der Waals surface area contributed by atoms with Gasteiger partial charge in [0.05, 0.1) is 6.54 Å². The van der Waals surface area contributed by atoms with E-state index in [0.717, 1.165) is 23.1 Å². The van der Waals surface area contributed by atoms with E-state index in [-0.39, 0.29) is 0 Å². The van der Waals surface area contributed by atoms with E-state index < -0.39 is 0 Å². The van der Waals surface area contributed by atoms with E-state index in [1.807, 2.05) is 24.3 Å². The fourth-order valence-corrected chi connectivity index (χ4v) is 2.13. The van der Waals surface area contributed by atoms with E-state index in [2.05, 4.69) is 44.8 Å². The SMILES string of the molecule is CCN(CC)c1nc(N)n(Cc2ccc(Br)cc2)n1. The van der Waals surface area contributed by atoms with Crippen LogP contribution in [0.3, 0.4) is 0 Å². The maximum Gasteiger partial charge on any atom is 0.246 e. The van der Waals surface area contributed by atoms with Gasteiger partial charge in [-0.1, -0.05) is 28.1 Å². The first kappa shape index (κ1) is 13.9. The summed E-state index contributed by atoms with van der Waals surface area (Å²) in [4.78, 5) is 6.39. The van der Waals surface area contributed by atoms with Crippen LogP contribution in [-0.2, 0) is 6.54 Å². The molecule has 0 atom stereocenters. The van der Waals surface area contributed by atoms with Crippen LogP contribution in [0.25, 0.3) is 0 Å². The predicted octanol–water partition coefficient (Wildman–Crippen LogP) is 2.52. The highest BCUT2D eigenvalue weighted by Gasteiger charge is 2.11. The average Bonchev–Trinajstić information content (AvgIpc) is 2.75. The Morgan fingerprint density at radius 1 is 1.21 bits per heavy atom. The van der Waals surface area contributed by atoms with Crippen LogP contribution in [-0.4, -0.2) is 27.9 Å². The summed E-state index contributed by atoms with van der Waals surface area (Å²) in [6, 6.07) is 8.10. The third-order valence-corrected chi connectivity index (χ3v) is 3.51. The van der Waals surface area contributed by atoms with Gasteiger partial charge in [0, 0.05) is 17.6 Å². The molecule has 1 aromatic heterocycles. The summed E-state index contributed by atoms with van der Waals surface area (Å²) in [5, 5.41) is 4.46. The third kappa shape index (κ3) is 3.26. The second kappa shape index (κ2) is 6.06. The van der Waals surface area contributed by atoms with Crippen molar-refractivity contribution in [1.29, 1.82) is 0 Å². The second-order valence-electron chi connectivity index (χ2n) is 4.23. The number of benzene rings is 1. The van der Waals surface area contributed by atoms with Gasteiger partial charge in [-0.2, -0.15) is 4.98 Å². The Bertz CT molecular complexity index is 530. The standard InChI is InChI=1S/C13H18BrN5/c1-3-18(4-2)13-16-12(15)19(17-13)9-10-5-7-11(14)8-6-10/h5-8H,3-4,9H2,1-2H3,(H2,15,16,17). The molecule has 102 valence electrons. The van der Waals surface area contributed by atoms with Crippen molar-refractivity contribution in [3.05, 3.63) is 34.3 Å². The fourth-order valence-electron chi connectivity index (χ4n) is 1.86. The number of anilines is 2. The average molecular weight is 324 g/mol. The van der Waals surface area contributed by atoms with Crippen LogP contribution in [0, 0.1) is 0 Å². The zero-order valence-electron chi connectivity index (χ0n) is 11.2. The van der Waals surface area contributed by atoms with Crippen molar-refractivity contribution in [2.24, 2.45) is 0 Å². The molecule has 19 heavy (non-hydrogen) atoms. The first-order valence-corrected chi connectivity index (χ1v) is 7.13. The molecule has 0 spiro atoms. The number of nitrogens with two attached hydrogens (primary N) is 1. The maximum atomic E-state index is 5.92. The van der Waals surface area contributed by atoms with E-state index in [1.165, 1.54) is 0 Å². The van der Waals surface area contributed by atoms with E-state index in [4.69, 9.17) is 5.73 Å². The van der Waals surface area contributed by atoms with E-state index >= 15 is 0 Å². The summed E-state index contributed by atoms with van der Waals surface area (Å²) in [5.41, 5.74) is 7.06. The molecule has 1 aromatic carbocycles. The Labute approximate surface area is 121 Å². The summed E-state index contributed by atoms with van der Waals surface area (Å²) in [6.07, 6.45) is 0. The zero-order chi connectivity index (χ0) is 13.8. The minimum atomic E-state index is 0.449. The summed E-state index contributed by atoms with van der Waals surface area (Å²) in [5.74, 6) is 1.14. The number of hydrogen-bond donors (Lipinski definition) is 1. The smallest absolute Gasteiger partial charge is 0.246 e. The van der Waals surface area contributed by atoms with Crippen LogP contribution >= 0.6 is 15.9 Å². The molecule has 0 bridgehead atoms. The lowest BCUT2D eigenvalue weighted by Gasteiger charge is -2.15. The van der Waals surface area contributed by atoms with Crippen molar-refractivity contribution in [1.82, 2.24) is 14.8 Å². The monoisotopic (exact) mass is 323 g/mol. The van der Waals surface area contributed by atoms with Gasteiger partial charge in [-0.25, -0.2) is 4.68 Å². The van der Waals surface area contributed by atoms with Gasteiger partial charge >= 0.3 is 0 Å². The number of hydrogen-bond acceptors (Lipinski definition) is 4. The van der Waals surface area contributed by atoms with Gasteiger partial charge in [0.25, 0.3) is 0 Å². The topological polar surface area (TPSA) is 60.0 Å². The van der Waals surface area contributed by atoms with Gasteiger partial charge < -0.3 is 10.6 Å². The number of rotatable bonds is 5. The van der Waals surface area contributed by atoms with E-state index in [0.29, 0.717) is 18.4 Å². The highest BCUT2D eigenvalue weighted by molar-refractivity contribution is 9.10. The molecule has 6 heteroatoms. The molecule has 0 unspecified atom stereocenters. The molecule has 0 aliphatic heterocycles. The van der Waals surface area contributed by atoms with Crippen molar-refractivity contribution < 1.29 is 0 Å². The van der Waals surface area contributed by atoms with E-state index in [1.54, 1.807) is 4.68 Å². The molecular weight excluding hydrogens is 306 g/mol. The Balaban J connectivity index is 2.19. The largest absolute Gasteiger partial charge is 0.368 e. The molecule has 0 aliphatic rings. The Morgan fingerprint density at radius 2 is 1.84 bits per heavy atom. The van der Waals surface area contributed by atoms with Crippen LogP contribution in [0.4, 0.5) is 11.9 Å². The molecule has 0 saturated carbocycles. The number of aromatic nitrogens is 3. The van der Waals surface area contributed by atoms with Gasteiger partial charge in [0.1, 0.15) is 0 Å². The first-order valence-electron chi connectivity index (χ1n) is 6.33. The first-order chi connectivity index (χ1) is 9.13. The molecule has 5 nitrogen and oxygen atoms in total. The molecule has 1 heterocycles. The van der Waals surface area contributed by atoms with Crippen LogP contribution in [0.2, 0.25) is 0 Å². The maximum absolute atomic E-state index is 5.92. The highest BCUT2D eigenvalue weighted by atomic mass is 79.9. The molecular formula is C13H18BrN5. The minimum Gasteiger partial charge on any atom is -0.368 e. The van der Waals surface area contributed by atoms with Crippen LogP contribution < -0.4 is 10.6 Å².